The van der Waals surface area contributed by atoms with Gasteiger partial charge in [0.1, 0.15) is 19.0 Å². The van der Waals surface area contributed by atoms with Crippen LogP contribution in [0.2, 0.25) is 0 Å². The maximum atomic E-state index is 12.0. The lowest BCUT2D eigenvalue weighted by Gasteiger charge is -2.21. The first kappa shape index (κ1) is 17.6. The van der Waals surface area contributed by atoms with Crippen molar-refractivity contribution in [2.75, 3.05) is 24.7 Å². The molecule has 1 aromatic rings. The molecule has 0 spiro atoms. The largest absolute Gasteiger partial charge is 0.486 e. The zero-order chi connectivity index (χ0) is 17.0. The van der Waals surface area contributed by atoms with Crippen LogP contribution < -0.4 is 14.8 Å². The Labute approximate surface area is 137 Å². The van der Waals surface area contributed by atoms with Gasteiger partial charge in [-0.25, -0.2) is 8.42 Å². The van der Waals surface area contributed by atoms with Crippen LogP contribution in [0.25, 0.3) is 0 Å². The number of nitrogens with one attached hydrogen (secondary N) is 1. The van der Waals surface area contributed by atoms with E-state index in [0.717, 1.165) is 5.56 Å². The van der Waals surface area contributed by atoms with Gasteiger partial charge in [0.15, 0.2) is 21.3 Å². The molecule has 2 rings (SSSR count). The predicted octanol–water partition coefficient (Wildman–Crippen LogP) is 1.71. The molecule has 0 radical (unpaired) electrons. The van der Waals surface area contributed by atoms with Crippen LogP contribution in [0.1, 0.15) is 32.4 Å². The number of hydrogen-bond donors (Lipinski definition) is 1. The molecule has 6 nitrogen and oxygen atoms in total. The van der Waals surface area contributed by atoms with E-state index in [1.165, 1.54) is 0 Å². The van der Waals surface area contributed by atoms with Crippen LogP contribution in [0, 0.1) is 5.92 Å². The van der Waals surface area contributed by atoms with Crippen LogP contribution in [0.4, 0.5) is 0 Å². The van der Waals surface area contributed by atoms with E-state index in [4.69, 9.17) is 9.47 Å². The third-order valence-electron chi connectivity index (χ3n) is 3.38. The van der Waals surface area contributed by atoms with E-state index >= 15 is 0 Å². The summed E-state index contributed by atoms with van der Waals surface area (Å²) in [4.78, 5) is 12.0. The fourth-order valence-electron chi connectivity index (χ4n) is 2.46. The molecule has 0 aromatic heterocycles. The Hall–Kier alpha value is -1.76. The van der Waals surface area contributed by atoms with Gasteiger partial charge in [-0.2, -0.15) is 0 Å². The molecule has 1 atom stereocenters. The average molecular weight is 341 g/mol. The van der Waals surface area contributed by atoms with Crippen molar-refractivity contribution in [2.24, 2.45) is 5.92 Å². The van der Waals surface area contributed by atoms with E-state index in [9.17, 15) is 13.2 Å². The monoisotopic (exact) mass is 341 g/mol. The van der Waals surface area contributed by atoms with Gasteiger partial charge in [-0.05, 0) is 30.5 Å². The molecule has 1 aliphatic heterocycles. The molecule has 1 heterocycles. The molecule has 1 amide bonds. The van der Waals surface area contributed by atoms with E-state index in [1.807, 2.05) is 26.0 Å². The normalized spacial score (nSPS) is 15.3. The fraction of sp³-hybridized carbons (Fsp3) is 0.562. The first-order valence-electron chi connectivity index (χ1n) is 7.66. The maximum Gasteiger partial charge on any atom is 0.235 e. The molecule has 0 saturated carbocycles. The van der Waals surface area contributed by atoms with Gasteiger partial charge >= 0.3 is 0 Å². The van der Waals surface area contributed by atoms with Gasteiger partial charge in [0, 0.05) is 0 Å². The van der Waals surface area contributed by atoms with E-state index in [2.05, 4.69) is 5.32 Å². The smallest absolute Gasteiger partial charge is 0.235 e. The Morgan fingerprint density at radius 3 is 2.48 bits per heavy atom. The van der Waals surface area contributed by atoms with Crippen LogP contribution in [-0.2, 0) is 14.6 Å². The summed E-state index contributed by atoms with van der Waals surface area (Å²) in [5, 5.41) is 2.72. The number of hydrogen-bond acceptors (Lipinski definition) is 5. The number of benzene rings is 1. The standard InChI is InChI=1S/C16H23NO5S/c1-11(2)9-23(19,20)10-16(18)17-12(3)13-4-5-14-15(8-13)22-7-6-21-14/h4-5,8,11-12H,6-7,9-10H2,1-3H3,(H,17,18)/t12-/m1/s1. The third-order valence-corrected chi connectivity index (χ3v) is 5.26. The molecule has 0 aliphatic carbocycles. The number of sulfone groups is 1. The summed E-state index contributed by atoms with van der Waals surface area (Å²) >= 11 is 0. The number of carbonyl (C=O) groups excluding carboxylic acids is 1. The van der Waals surface area contributed by atoms with Crippen LogP contribution in [0.3, 0.4) is 0 Å². The quantitative estimate of drug-likeness (QED) is 0.852. The highest BCUT2D eigenvalue weighted by atomic mass is 32.2. The van der Waals surface area contributed by atoms with Crippen LogP contribution in [0.15, 0.2) is 18.2 Å². The topological polar surface area (TPSA) is 81.7 Å². The van der Waals surface area contributed by atoms with Crippen molar-refractivity contribution in [1.82, 2.24) is 5.32 Å². The Kier molecular flexibility index (Phi) is 5.51. The van der Waals surface area contributed by atoms with Crippen molar-refractivity contribution >= 4 is 15.7 Å². The van der Waals surface area contributed by atoms with Crippen LogP contribution in [0.5, 0.6) is 11.5 Å². The van der Waals surface area contributed by atoms with Gasteiger partial charge in [-0.1, -0.05) is 19.9 Å². The first-order valence-corrected chi connectivity index (χ1v) is 9.48. The minimum Gasteiger partial charge on any atom is -0.486 e. The van der Waals surface area contributed by atoms with Crippen molar-refractivity contribution < 1.29 is 22.7 Å². The molecular weight excluding hydrogens is 318 g/mol. The summed E-state index contributed by atoms with van der Waals surface area (Å²) < 4.78 is 34.7. The summed E-state index contributed by atoms with van der Waals surface area (Å²) in [7, 11) is -3.38. The fourth-order valence-corrected chi connectivity index (χ4v) is 4.08. The minimum atomic E-state index is -3.38. The van der Waals surface area contributed by atoms with Crippen molar-refractivity contribution in [3.8, 4) is 11.5 Å². The third kappa shape index (κ3) is 5.13. The molecule has 0 bridgehead atoms. The van der Waals surface area contributed by atoms with Crippen molar-refractivity contribution in [1.29, 1.82) is 0 Å². The highest BCUT2D eigenvalue weighted by molar-refractivity contribution is 7.92. The Morgan fingerprint density at radius 1 is 1.17 bits per heavy atom. The lowest BCUT2D eigenvalue weighted by atomic mass is 10.1. The highest BCUT2D eigenvalue weighted by Gasteiger charge is 2.21. The lowest BCUT2D eigenvalue weighted by Crippen LogP contribution is -2.33. The molecule has 0 fully saturated rings. The number of ether oxygens (including phenoxy) is 2. The van der Waals surface area contributed by atoms with Crippen LogP contribution in [-0.4, -0.2) is 39.0 Å². The van der Waals surface area contributed by atoms with E-state index in [0.29, 0.717) is 24.7 Å². The minimum absolute atomic E-state index is 0.00279. The lowest BCUT2D eigenvalue weighted by molar-refractivity contribution is -0.119. The predicted molar refractivity (Wildman–Crippen MR) is 87.5 cm³/mol. The van der Waals surface area contributed by atoms with Crippen molar-refractivity contribution in [3.05, 3.63) is 23.8 Å². The molecule has 23 heavy (non-hydrogen) atoms. The Balaban J connectivity index is 1.98. The molecule has 1 aromatic carbocycles. The summed E-state index contributed by atoms with van der Waals surface area (Å²) in [5.74, 6) is 0.357. The molecule has 0 unspecified atom stereocenters. The van der Waals surface area contributed by atoms with E-state index in [1.54, 1.807) is 13.0 Å². The Morgan fingerprint density at radius 2 is 1.83 bits per heavy atom. The zero-order valence-electron chi connectivity index (χ0n) is 13.7. The molecule has 0 saturated heterocycles. The molecule has 7 heteroatoms. The van der Waals surface area contributed by atoms with E-state index < -0.39 is 21.5 Å². The van der Waals surface area contributed by atoms with Crippen molar-refractivity contribution in [2.45, 2.75) is 26.8 Å². The van der Waals surface area contributed by atoms with E-state index in [-0.39, 0.29) is 17.7 Å². The summed E-state index contributed by atoms with van der Waals surface area (Å²) in [5.41, 5.74) is 0.837. The van der Waals surface area contributed by atoms with Crippen molar-refractivity contribution in [3.63, 3.8) is 0 Å². The van der Waals surface area contributed by atoms with Crippen LogP contribution >= 0.6 is 0 Å². The van der Waals surface area contributed by atoms with Gasteiger partial charge in [0.2, 0.25) is 5.91 Å². The average Bonchev–Trinajstić information content (AvgIpc) is 2.44. The van der Waals surface area contributed by atoms with Gasteiger partial charge < -0.3 is 14.8 Å². The SMILES string of the molecule is CC(C)CS(=O)(=O)CC(=O)N[C@H](C)c1ccc2c(c1)OCCO2. The second kappa shape index (κ2) is 7.21. The molecule has 1 aliphatic rings. The highest BCUT2D eigenvalue weighted by Crippen LogP contribution is 2.32. The zero-order valence-corrected chi connectivity index (χ0v) is 14.5. The number of fused-ring (bicyclic) bond motifs is 1. The van der Waals surface area contributed by atoms with Gasteiger partial charge in [0.25, 0.3) is 0 Å². The summed E-state index contributed by atoms with van der Waals surface area (Å²) in [6.07, 6.45) is 0. The number of carbonyl (C=O) groups is 1. The van der Waals surface area contributed by atoms with Gasteiger partial charge in [-0.3, -0.25) is 4.79 Å². The number of rotatable bonds is 6. The van der Waals surface area contributed by atoms with Gasteiger partial charge in [0.05, 0.1) is 11.8 Å². The maximum absolute atomic E-state index is 12.0. The summed E-state index contributed by atoms with van der Waals surface area (Å²) in [6.45, 7) is 6.44. The first-order chi connectivity index (χ1) is 10.8. The summed E-state index contributed by atoms with van der Waals surface area (Å²) in [6, 6.07) is 5.12. The molecule has 128 valence electrons. The second-order valence-corrected chi connectivity index (χ2v) is 8.25. The Bertz CT molecular complexity index is 669. The van der Waals surface area contributed by atoms with Gasteiger partial charge in [-0.15, -0.1) is 0 Å². The number of amides is 1. The molecule has 1 N–H and O–H groups in total. The molecular formula is C16H23NO5S. The second-order valence-electron chi connectivity index (χ2n) is 6.14.